The molecule has 0 spiro atoms. The summed E-state index contributed by atoms with van der Waals surface area (Å²) in [6.45, 7) is 5.00. The third-order valence-electron chi connectivity index (χ3n) is 5.49. The van der Waals surface area contributed by atoms with Gasteiger partial charge in [0, 0.05) is 29.4 Å². The molecule has 2 aromatic carbocycles. The summed E-state index contributed by atoms with van der Waals surface area (Å²) in [6, 6.07) is 17.3. The summed E-state index contributed by atoms with van der Waals surface area (Å²) in [5.74, 6) is 1.98. The number of hydrogen-bond donors (Lipinski definition) is 1. The Morgan fingerprint density at radius 3 is 2.79 bits per heavy atom. The van der Waals surface area contributed by atoms with Crippen LogP contribution in [-0.4, -0.2) is 22.5 Å². The molecule has 8 heteroatoms. The number of aromatic nitrogens is 2. The summed E-state index contributed by atoms with van der Waals surface area (Å²) in [5, 5.41) is 9.60. The van der Waals surface area contributed by atoms with Gasteiger partial charge in [-0.25, -0.2) is 4.68 Å². The average molecular weight is 462 g/mol. The van der Waals surface area contributed by atoms with E-state index in [-0.39, 0.29) is 12.7 Å². The van der Waals surface area contributed by atoms with Gasteiger partial charge in [-0.3, -0.25) is 4.79 Å². The lowest BCUT2D eigenvalue weighted by Crippen LogP contribution is -2.22. The van der Waals surface area contributed by atoms with E-state index in [9.17, 15) is 4.79 Å². The first-order valence-electron chi connectivity index (χ1n) is 10.6. The third-order valence-corrected chi connectivity index (χ3v) is 6.47. The number of hydrogen-bond acceptors (Lipinski definition) is 6. The van der Waals surface area contributed by atoms with E-state index in [4.69, 9.17) is 14.2 Å². The molecular weight excluding hydrogens is 438 g/mol. The predicted molar refractivity (Wildman–Crippen MR) is 125 cm³/mol. The number of para-hydroxylation sites is 1. The Kier molecular flexibility index (Phi) is 5.75. The van der Waals surface area contributed by atoms with Crippen LogP contribution in [0, 0.1) is 13.8 Å². The Balaban J connectivity index is 1.20. The topological polar surface area (TPSA) is 74.6 Å². The number of ether oxygens (including phenoxy) is 3. The number of rotatable bonds is 7. The van der Waals surface area contributed by atoms with Crippen molar-refractivity contribution < 1.29 is 19.0 Å². The van der Waals surface area contributed by atoms with Gasteiger partial charge in [-0.05, 0) is 49.6 Å². The van der Waals surface area contributed by atoms with Crippen LogP contribution in [0.25, 0.3) is 5.69 Å². The van der Waals surface area contributed by atoms with Crippen molar-refractivity contribution in [2.45, 2.75) is 27.0 Å². The molecule has 1 N–H and O–H groups in total. The summed E-state index contributed by atoms with van der Waals surface area (Å²) in [7, 11) is 0. The monoisotopic (exact) mass is 461 g/mol. The molecule has 0 fully saturated rings. The molecule has 4 aromatic rings. The second kappa shape index (κ2) is 8.99. The van der Waals surface area contributed by atoms with Crippen molar-refractivity contribution >= 4 is 17.2 Å². The molecule has 1 aliphatic rings. The highest BCUT2D eigenvalue weighted by Crippen LogP contribution is 2.35. The number of fused-ring (bicyclic) bond motifs is 1. The highest BCUT2D eigenvalue weighted by atomic mass is 32.1. The molecule has 3 heterocycles. The van der Waals surface area contributed by atoms with Gasteiger partial charge in [-0.15, -0.1) is 11.3 Å². The molecule has 1 amide bonds. The van der Waals surface area contributed by atoms with Crippen molar-refractivity contribution in [3.63, 3.8) is 0 Å². The summed E-state index contributed by atoms with van der Waals surface area (Å²) in [6.07, 6.45) is 0. The summed E-state index contributed by atoms with van der Waals surface area (Å²) in [4.78, 5) is 13.4. The fraction of sp³-hybridized carbons (Fsp3) is 0.200. The summed E-state index contributed by atoms with van der Waals surface area (Å²) in [5.41, 5.74) is 4.88. The fourth-order valence-electron chi connectivity index (χ4n) is 3.71. The van der Waals surface area contributed by atoms with E-state index in [1.54, 1.807) is 0 Å². The van der Waals surface area contributed by atoms with Gasteiger partial charge in [-0.1, -0.05) is 18.2 Å². The van der Waals surface area contributed by atoms with E-state index >= 15 is 0 Å². The van der Waals surface area contributed by atoms with E-state index in [1.165, 1.54) is 11.3 Å². The van der Waals surface area contributed by atoms with Crippen LogP contribution in [0.2, 0.25) is 0 Å². The number of amides is 1. The van der Waals surface area contributed by atoms with Crippen LogP contribution in [-0.2, 0) is 13.2 Å². The summed E-state index contributed by atoms with van der Waals surface area (Å²) >= 11 is 1.40. The maximum atomic E-state index is 12.7. The molecular formula is C25H23N3O4S. The second-order valence-corrected chi connectivity index (χ2v) is 8.61. The first kappa shape index (κ1) is 21.1. The molecule has 1 aliphatic heterocycles. The predicted octanol–water partition coefficient (Wildman–Crippen LogP) is 4.79. The number of nitrogens with zero attached hydrogens (tertiary/aromatic N) is 2. The van der Waals surface area contributed by atoms with E-state index in [2.05, 4.69) is 10.4 Å². The standard InChI is InChI=1S/C25H23N3O4S/c1-16-21(17(2)28(27-16)19-6-4-3-5-7-19)12-26-25(29)24-10-18(14-33-24)13-30-20-8-9-22-23(11-20)32-15-31-22/h3-11,14H,12-13,15H2,1-2H3,(H,26,29). The van der Waals surface area contributed by atoms with Crippen LogP contribution < -0.4 is 19.5 Å². The third kappa shape index (κ3) is 4.42. The fourth-order valence-corrected chi connectivity index (χ4v) is 4.52. The number of carbonyl (C=O) groups is 1. The van der Waals surface area contributed by atoms with Crippen LogP contribution >= 0.6 is 11.3 Å². The van der Waals surface area contributed by atoms with Crippen LogP contribution in [0.4, 0.5) is 0 Å². The zero-order valence-corrected chi connectivity index (χ0v) is 19.1. The van der Waals surface area contributed by atoms with Crippen LogP contribution in [0.1, 0.15) is 32.2 Å². The van der Waals surface area contributed by atoms with Gasteiger partial charge < -0.3 is 19.5 Å². The molecule has 168 valence electrons. The van der Waals surface area contributed by atoms with Crippen molar-refractivity contribution in [1.82, 2.24) is 15.1 Å². The minimum atomic E-state index is -0.111. The van der Waals surface area contributed by atoms with Crippen LogP contribution in [0.15, 0.2) is 60.0 Å². The molecule has 0 unspecified atom stereocenters. The Morgan fingerprint density at radius 2 is 1.94 bits per heavy atom. The van der Waals surface area contributed by atoms with Crippen molar-refractivity contribution in [1.29, 1.82) is 0 Å². The van der Waals surface area contributed by atoms with Gasteiger partial charge >= 0.3 is 0 Å². The molecule has 0 saturated heterocycles. The van der Waals surface area contributed by atoms with Crippen molar-refractivity contribution in [3.05, 3.63) is 87.4 Å². The number of carbonyl (C=O) groups excluding carboxylic acids is 1. The van der Waals surface area contributed by atoms with E-state index < -0.39 is 0 Å². The molecule has 0 atom stereocenters. The van der Waals surface area contributed by atoms with Crippen molar-refractivity contribution in [2.24, 2.45) is 0 Å². The van der Waals surface area contributed by atoms with Crippen molar-refractivity contribution in [3.8, 4) is 22.9 Å². The largest absolute Gasteiger partial charge is 0.489 e. The lowest BCUT2D eigenvalue weighted by Gasteiger charge is -2.07. The maximum Gasteiger partial charge on any atom is 0.261 e. The van der Waals surface area contributed by atoms with E-state index in [1.807, 2.05) is 78.5 Å². The molecule has 0 saturated carbocycles. The molecule has 33 heavy (non-hydrogen) atoms. The van der Waals surface area contributed by atoms with Gasteiger partial charge in [0.2, 0.25) is 6.79 Å². The second-order valence-electron chi connectivity index (χ2n) is 7.70. The minimum absolute atomic E-state index is 0.111. The first-order valence-corrected chi connectivity index (χ1v) is 11.4. The van der Waals surface area contributed by atoms with Crippen LogP contribution in [0.3, 0.4) is 0 Å². The maximum absolute atomic E-state index is 12.7. The quantitative estimate of drug-likeness (QED) is 0.428. The van der Waals surface area contributed by atoms with Crippen molar-refractivity contribution in [2.75, 3.05) is 6.79 Å². The zero-order valence-electron chi connectivity index (χ0n) is 18.3. The van der Waals surface area contributed by atoms with Gasteiger partial charge in [0.15, 0.2) is 11.5 Å². The van der Waals surface area contributed by atoms with Gasteiger partial charge in [0.25, 0.3) is 5.91 Å². The number of nitrogens with one attached hydrogen (secondary N) is 1. The molecule has 0 bridgehead atoms. The van der Waals surface area contributed by atoms with Crippen LogP contribution in [0.5, 0.6) is 17.2 Å². The number of aryl methyl sites for hydroxylation is 1. The summed E-state index contributed by atoms with van der Waals surface area (Å²) < 4.78 is 18.4. The first-order chi connectivity index (χ1) is 16.1. The SMILES string of the molecule is Cc1nn(-c2ccccc2)c(C)c1CNC(=O)c1cc(COc2ccc3c(c2)OCO3)cs1. The Morgan fingerprint density at radius 1 is 1.12 bits per heavy atom. The molecule has 0 radical (unpaired) electrons. The van der Waals surface area contributed by atoms with Gasteiger partial charge in [0.1, 0.15) is 12.4 Å². The lowest BCUT2D eigenvalue weighted by molar-refractivity contribution is 0.0955. The minimum Gasteiger partial charge on any atom is -0.489 e. The zero-order chi connectivity index (χ0) is 22.8. The smallest absolute Gasteiger partial charge is 0.261 e. The van der Waals surface area contributed by atoms with Gasteiger partial charge in [-0.2, -0.15) is 5.10 Å². The Labute approximate surface area is 195 Å². The highest BCUT2D eigenvalue weighted by molar-refractivity contribution is 7.12. The molecule has 7 nitrogen and oxygen atoms in total. The molecule has 5 rings (SSSR count). The highest BCUT2D eigenvalue weighted by Gasteiger charge is 2.16. The normalized spacial score (nSPS) is 12.1. The molecule has 2 aromatic heterocycles. The number of thiophene rings is 1. The Hall–Kier alpha value is -3.78. The molecule has 0 aliphatic carbocycles. The van der Waals surface area contributed by atoms with Gasteiger partial charge in [0.05, 0.1) is 16.3 Å². The average Bonchev–Trinajstić information content (AvgIpc) is 3.56. The lowest BCUT2D eigenvalue weighted by atomic mass is 10.2. The van der Waals surface area contributed by atoms with E-state index in [0.29, 0.717) is 29.5 Å². The Bertz CT molecular complexity index is 1300. The number of benzene rings is 2. The van der Waals surface area contributed by atoms with E-state index in [0.717, 1.165) is 34.0 Å².